The number of carbonyl (C=O) groups excluding carboxylic acids is 1. The number of hydrogen-bond acceptors (Lipinski definition) is 2. The van der Waals surface area contributed by atoms with Crippen molar-refractivity contribution in [1.82, 2.24) is 14.7 Å². The fourth-order valence-corrected chi connectivity index (χ4v) is 3.63. The number of halogens is 1. The molecule has 1 saturated heterocycles. The maximum Gasteiger partial charge on any atom is 0.253 e. The van der Waals surface area contributed by atoms with E-state index in [1.54, 1.807) is 0 Å². The minimum atomic E-state index is 0.122. The molecule has 0 saturated carbocycles. The molecule has 0 aliphatic carbocycles. The number of hydrogen-bond donors (Lipinski definition) is 0. The molecule has 0 bridgehead atoms. The number of benzene rings is 2. The Morgan fingerprint density at radius 1 is 1.08 bits per heavy atom. The lowest BCUT2D eigenvalue weighted by Crippen LogP contribution is -2.35. The van der Waals surface area contributed by atoms with Gasteiger partial charge in [-0.15, -0.1) is 0 Å². The summed E-state index contributed by atoms with van der Waals surface area (Å²) in [4.78, 5) is 14.7. The van der Waals surface area contributed by atoms with Crippen molar-refractivity contribution < 1.29 is 4.79 Å². The summed E-state index contributed by atoms with van der Waals surface area (Å²) in [6.45, 7) is 2.35. The third-order valence-electron chi connectivity index (χ3n) is 4.76. The number of aromatic nitrogens is 2. The summed E-state index contributed by atoms with van der Waals surface area (Å²) in [5, 5.41) is 6.24. The Kier molecular flexibility index (Phi) is 4.45. The molecule has 0 atom stereocenters. The Hall–Kier alpha value is -2.33. The van der Waals surface area contributed by atoms with Crippen LogP contribution in [0, 0.1) is 0 Å². The topological polar surface area (TPSA) is 38.1 Å². The van der Waals surface area contributed by atoms with E-state index in [1.165, 1.54) is 6.42 Å². The molecular formula is C20H20ClN3O. The molecular weight excluding hydrogens is 334 g/mol. The zero-order valence-electron chi connectivity index (χ0n) is 14.0. The fourth-order valence-electron chi connectivity index (χ4n) is 3.42. The van der Waals surface area contributed by atoms with Gasteiger partial charge < -0.3 is 4.90 Å². The molecule has 2 heterocycles. The van der Waals surface area contributed by atoms with Gasteiger partial charge in [0.25, 0.3) is 5.91 Å². The highest BCUT2D eigenvalue weighted by molar-refractivity contribution is 6.30. The monoisotopic (exact) mass is 353 g/mol. The lowest BCUT2D eigenvalue weighted by atomic mass is 10.1. The third-order valence-corrected chi connectivity index (χ3v) is 4.99. The molecule has 5 heteroatoms. The molecule has 1 aliphatic heterocycles. The third kappa shape index (κ3) is 3.40. The molecule has 2 aromatic carbocycles. The SMILES string of the molecule is O=C(c1ccc2cnn(Cc3cccc(Cl)c3)c2c1)N1CCCCC1. The van der Waals surface area contributed by atoms with Gasteiger partial charge in [-0.3, -0.25) is 9.48 Å². The summed E-state index contributed by atoms with van der Waals surface area (Å²) < 4.78 is 1.92. The van der Waals surface area contributed by atoms with Crippen molar-refractivity contribution in [3.8, 4) is 0 Å². The summed E-state index contributed by atoms with van der Waals surface area (Å²) in [7, 11) is 0. The highest BCUT2D eigenvalue weighted by atomic mass is 35.5. The Labute approximate surface area is 152 Å². The van der Waals surface area contributed by atoms with Crippen LogP contribution in [0.15, 0.2) is 48.7 Å². The van der Waals surface area contributed by atoms with Crippen molar-refractivity contribution >= 4 is 28.4 Å². The molecule has 0 N–H and O–H groups in total. The molecule has 3 aromatic rings. The minimum Gasteiger partial charge on any atom is -0.339 e. The van der Waals surface area contributed by atoms with Crippen LogP contribution in [0.25, 0.3) is 10.9 Å². The number of nitrogens with zero attached hydrogens (tertiary/aromatic N) is 3. The van der Waals surface area contributed by atoms with Crippen LogP contribution in [0.2, 0.25) is 5.02 Å². The van der Waals surface area contributed by atoms with Gasteiger partial charge in [-0.2, -0.15) is 5.10 Å². The van der Waals surface area contributed by atoms with E-state index in [0.29, 0.717) is 6.54 Å². The normalized spacial score (nSPS) is 14.8. The lowest BCUT2D eigenvalue weighted by Gasteiger charge is -2.26. The van der Waals surface area contributed by atoms with E-state index in [-0.39, 0.29) is 5.91 Å². The van der Waals surface area contributed by atoms with Gasteiger partial charge in [0.15, 0.2) is 0 Å². The number of carbonyl (C=O) groups is 1. The highest BCUT2D eigenvalue weighted by Crippen LogP contribution is 2.20. The standard InChI is InChI=1S/C20H20ClN3O/c21-18-6-4-5-15(11-18)14-24-19-12-16(7-8-17(19)13-22-24)20(25)23-9-2-1-3-10-23/h4-8,11-13H,1-3,9-10,14H2. The van der Waals surface area contributed by atoms with Gasteiger partial charge in [-0.05, 0) is 49.1 Å². The molecule has 0 spiro atoms. The van der Waals surface area contributed by atoms with Crippen LogP contribution in [0.5, 0.6) is 0 Å². The highest BCUT2D eigenvalue weighted by Gasteiger charge is 2.19. The van der Waals surface area contributed by atoms with Crippen molar-refractivity contribution in [1.29, 1.82) is 0 Å². The van der Waals surface area contributed by atoms with Gasteiger partial charge in [0.05, 0.1) is 18.3 Å². The van der Waals surface area contributed by atoms with E-state index in [1.807, 2.05) is 58.2 Å². The van der Waals surface area contributed by atoms with Crippen LogP contribution in [0.1, 0.15) is 35.2 Å². The van der Waals surface area contributed by atoms with Gasteiger partial charge in [0.1, 0.15) is 0 Å². The van der Waals surface area contributed by atoms with E-state index < -0.39 is 0 Å². The summed E-state index contributed by atoms with van der Waals surface area (Å²) in [6, 6.07) is 13.6. The van der Waals surface area contributed by atoms with Gasteiger partial charge in [0, 0.05) is 29.1 Å². The van der Waals surface area contributed by atoms with Gasteiger partial charge in [-0.1, -0.05) is 29.8 Å². The Morgan fingerprint density at radius 3 is 2.72 bits per heavy atom. The van der Waals surface area contributed by atoms with E-state index in [9.17, 15) is 4.79 Å². The first-order valence-corrected chi connectivity index (χ1v) is 9.08. The molecule has 4 nitrogen and oxygen atoms in total. The predicted octanol–water partition coefficient (Wildman–Crippen LogP) is 4.36. The largest absolute Gasteiger partial charge is 0.339 e. The Morgan fingerprint density at radius 2 is 1.92 bits per heavy atom. The van der Waals surface area contributed by atoms with Crippen molar-refractivity contribution in [2.75, 3.05) is 13.1 Å². The summed E-state index contributed by atoms with van der Waals surface area (Å²) in [6.07, 6.45) is 5.26. The van der Waals surface area contributed by atoms with E-state index in [2.05, 4.69) is 5.10 Å². The number of likely N-dealkylation sites (tertiary alicyclic amines) is 1. The van der Waals surface area contributed by atoms with Gasteiger partial charge in [0.2, 0.25) is 0 Å². The summed E-state index contributed by atoms with van der Waals surface area (Å²) >= 11 is 6.08. The number of piperidine rings is 1. The quantitative estimate of drug-likeness (QED) is 0.701. The second-order valence-electron chi connectivity index (χ2n) is 6.56. The van der Waals surface area contributed by atoms with E-state index in [4.69, 9.17) is 11.6 Å². The van der Waals surface area contributed by atoms with E-state index >= 15 is 0 Å². The molecule has 1 amide bonds. The molecule has 0 radical (unpaired) electrons. The van der Waals surface area contributed by atoms with Crippen molar-refractivity contribution in [3.63, 3.8) is 0 Å². The average molecular weight is 354 g/mol. The molecule has 1 fully saturated rings. The number of rotatable bonds is 3. The van der Waals surface area contributed by atoms with Crippen molar-refractivity contribution in [2.24, 2.45) is 0 Å². The molecule has 4 rings (SSSR count). The van der Waals surface area contributed by atoms with Crippen LogP contribution in [0.4, 0.5) is 0 Å². The molecule has 1 aromatic heterocycles. The molecule has 0 unspecified atom stereocenters. The van der Waals surface area contributed by atoms with Crippen LogP contribution in [-0.4, -0.2) is 33.7 Å². The average Bonchev–Trinajstić information content (AvgIpc) is 3.04. The summed E-state index contributed by atoms with van der Waals surface area (Å²) in [5.74, 6) is 0.122. The van der Waals surface area contributed by atoms with E-state index in [0.717, 1.165) is 53.0 Å². The zero-order valence-corrected chi connectivity index (χ0v) is 14.7. The maximum absolute atomic E-state index is 12.8. The van der Waals surface area contributed by atoms with Crippen LogP contribution >= 0.6 is 11.6 Å². The van der Waals surface area contributed by atoms with Gasteiger partial charge >= 0.3 is 0 Å². The smallest absolute Gasteiger partial charge is 0.253 e. The predicted molar refractivity (Wildman–Crippen MR) is 100 cm³/mol. The molecule has 25 heavy (non-hydrogen) atoms. The molecule has 128 valence electrons. The van der Waals surface area contributed by atoms with Crippen LogP contribution in [-0.2, 0) is 6.54 Å². The lowest BCUT2D eigenvalue weighted by molar-refractivity contribution is 0.0724. The van der Waals surface area contributed by atoms with Crippen molar-refractivity contribution in [2.45, 2.75) is 25.8 Å². The molecule has 1 aliphatic rings. The Bertz CT molecular complexity index is 912. The van der Waals surface area contributed by atoms with Gasteiger partial charge in [-0.25, -0.2) is 0 Å². The first-order chi connectivity index (χ1) is 12.2. The number of amides is 1. The first-order valence-electron chi connectivity index (χ1n) is 8.70. The number of fused-ring (bicyclic) bond motifs is 1. The van der Waals surface area contributed by atoms with Crippen LogP contribution in [0.3, 0.4) is 0 Å². The summed E-state index contributed by atoms with van der Waals surface area (Å²) in [5.41, 5.74) is 2.80. The van der Waals surface area contributed by atoms with Crippen LogP contribution < -0.4 is 0 Å². The zero-order chi connectivity index (χ0) is 17.2. The first kappa shape index (κ1) is 16.2. The second-order valence-corrected chi connectivity index (χ2v) is 7.00. The maximum atomic E-state index is 12.8. The minimum absolute atomic E-state index is 0.122. The fraction of sp³-hybridized carbons (Fsp3) is 0.300. The van der Waals surface area contributed by atoms with Crippen molar-refractivity contribution in [3.05, 3.63) is 64.8 Å². The Balaban J connectivity index is 1.64. The second kappa shape index (κ2) is 6.89.